The first kappa shape index (κ1) is 12.9. The Labute approximate surface area is 111 Å². The fourth-order valence-electron chi connectivity index (χ4n) is 4.25. The molecule has 2 atom stereocenters. The maximum Gasteiger partial charge on any atom is 0.0597 e. The highest BCUT2D eigenvalue weighted by atomic mass is 16.5. The summed E-state index contributed by atoms with van der Waals surface area (Å²) in [4.78, 5) is 2.74. The summed E-state index contributed by atoms with van der Waals surface area (Å²) in [7, 11) is 2.11. The first-order chi connectivity index (χ1) is 8.86. The van der Waals surface area contributed by atoms with Gasteiger partial charge >= 0.3 is 0 Å². The lowest BCUT2D eigenvalue weighted by Gasteiger charge is -2.39. The molecule has 3 rings (SSSR count). The zero-order chi connectivity index (χ0) is 12.4. The highest BCUT2D eigenvalue weighted by Gasteiger charge is 2.39. The van der Waals surface area contributed by atoms with Crippen molar-refractivity contribution in [1.29, 1.82) is 0 Å². The van der Waals surface area contributed by atoms with Gasteiger partial charge < -0.3 is 10.1 Å². The van der Waals surface area contributed by atoms with Crippen molar-refractivity contribution in [3.63, 3.8) is 0 Å². The first-order valence-electron chi connectivity index (χ1n) is 7.91. The molecule has 0 amide bonds. The quantitative estimate of drug-likeness (QED) is 0.811. The predicted molar refractivity (Wildman–Crippen MR) is 73.8 cm³/mol. The number of hydrogen-bond donors (Lipinski definition) is 1. The van der Waals surface area contributed by atoms with Crippen LogP contribution in [0.1, 0.15) is 51.4 Å². The summed E-state index contributed by atoms with van der Waals surface area (Å²) in [5, 5.41) is 3.47. The van der Waals surface area contributed by atoms with E-state index in [1.807, 2.05) is 0 Å². The molecule has 0 aromatic heterocycles. The van der Waals surface area contributed by atoms with Crippen molar-refractivity contribution in [3.8, 4) is 0 Å². The topological polar surface area (TPSA) is 24.5 Å². The van der Waals surface area contributed by atoms with E-state index in [2.05, 4.69) is 17.3 Å². The molecule has 0 aromatic rings. The minimum absolute atomic E-state index is 0.581. The third kappa shape index (κ3) is 2.73. The summed E-state index contributed by atoms with van der Waals surface area (Å²) in [5.41, 5.74) is 0. The maximum atomic E-state index is 6.03. The van der Waals surface area contributed by atoms with E-state index in [0.717, 1.165) is 24.7 Å². The highest BCUT2D eigenvalue weighted by Crippen LogP contribution is 2.35. The number of nitrogens with zero attached hydrogens (tertiary/aromatic N) is 1. The van der Waals surface area contributed by atoms with E-state index in [1.54, 1.807) is 0 Å². The van der Waals surface area contributed by atoms with Crippen LogP contribution in [-0.2, 0) is 4.74 Å². The van der Waals surface area contributed by atoms with Crippen molar-refractivity contribution in [1.82, 2.24) is 10.2 Å². The number of nitrogens with one attached hydrogen (secondary N) is 1. The van der Waals surface area contributed by atoms with Gasteiger partial charge in [0.05, 0.1) is 12.7 Å². The standard InChI is InChI=1S/C15H28N2O/c1-16-12-10-13-6-7-14(11-12)17(13)8-9-18-15-4-2-3-5-15/h12-16H,2-11H2,1H3. The van der Waals surface area contributed by atoms with Crippen LogP contribution < -0.4 is 5.32 Å². The van der Waals surface area contributed by atoms with Gasteiger partial charge in [0.2, 0.25) is 0 Å². The van der Waals surface area contributed by atoms with E-state index in [9.17, 15) is 0 Å². The van der Waals surface area contributed by atoms with Crippen LogP contribution in [0, 0.1) is 0 Å². The molecule has 2 aliphatic heterocycles. The molecule has 2 bridgehead atoms. The first-order valence-corrected chi connectivity index (χ1v) is 7.91. The Balaban J connectivity index is 1.43. The van der Waals surface area contributed by atoms with Crippen LogP contribution in [-0.4, -0.2) is 49.3 Å². The van der Waals surface area contributed by atoms with E-state index in [1.165, 1.54) is 57.9 Å². The van der Waals surface area contributed by atoms with E-state index >= 15 is 0 Å². The van der Waals surface area contributed by atoms with Gasteiger partial charge in [0, 0.05) is 24.7 Å². The molecule has 0 aromatic carbocycles. The van der Waals surface area contributed by atoms with Gasteiger partial charge in [-0.05, 0) is 45.6 Å². The van der Waals surface area contributed by atoms with Crippen LogP contribution in [0.5, 0.6) is 0 Å². The average Bonchev–Trinajstić information content (AvgIpc) is 2.97. The highest BCUT2D eigenvalue weighted by molar-refractivity contribution is 4.97. The van der Waals surface area contributed by atoms with E-state index in [0.29, 0.717) is 6.10 Å². The fraction of sp³-hybridized carbons (Fsp3) is 1.00. The molecule has 0 spiro atoms. The fourth-order valence-corrected chi connectivity index (χ4v) is 4.25. The SMILES string of the molecule is CNC1CC2CCC(C1)N2CCOC1CCCC1. The second-order valence-electron chi connectivity index (χ2n) is 6.36. The van der Waals surface area contributed by atoms with Gasteiger partial charge in [-0.2, -0.15) is 0 Å². The summed E-state index contributed by atoms with van der Waals surface area (Å²) in [5.74, 6) is 0. The van der Waals surface area contributed by atoms with Crippen LogP contribution in [0.15, 0.2) is 0 Å². The van der Waals surface area contributed by atoms with Crippen molar-refractivity contribution in [2.45, 2.75) is 75.6 Å². The molecular formula is C15H28N2O. The molecule has 3 heteroatoms. The van der Waals surface area contributed by atoms with Gasteiger partial charge in [0.1, 0.15) is 0 Å². The molecular weight excluding hydrogens is 224 g/mol. The molecule has 104 valence electrons. The lowest BCUT2D eigenvalue weighted by Crippen LogP contribution is -2.49. The Bertz CT molecular complexity index is 251. The summed E-state index contributed by atoms with van der Waals surface area (Å²) in [6.45, 7) is 2.13. The zero-order valence-electron chi connectivity index (χ0n) is 11.7. The summed E-state index contributed by atoms with van der Waals surface area (Å²) in [6.07, 6.45) is 11.4. The Morgan fingerprint density at radius 2 is 1.72 bits per heavy atom. The zero-order valence-corrected chi connectivity index (χ0v) is 11.7. The van der Waals surface area contributed by atoms with Crippen molar-refractivity contribution in [2.24, 2.45) is 0 Å². The smallest absolute Gasteiger partial charge is 0.0597 e. The predicted octanol–water partition coefficient (Wildman–Crippen LogP) is 2.16. The molecule has 3 fully saturated rings. The van der Waals surface area contributed by atoms with Crippen LogP contribution in [0.3, 0.4) is 0 Å². The lowest BCUT2D eigenvalue weighted by atomic mass is 9.97. The molecule has 1 aliphatic carbocycles. The number of ether oxygens (including phenoxy) is 1. The molecule has 18 heavy (non-hydrogen) atoms. The van der Waals surface area contributed by atoms with Gasteiger partial charge in [-0.1, -0.05) is 12.8 Å². The Morgan fingerprint density at radius 3 is 2.33 bits per heavy atom. The van der Waals surface area contributed by atoms with Crippen molar-refractivity contribution >= 4 is 0 Å². The number of hydrogen-bond acceptors (Lipinski definition) is 3. The molecule has 0 radical (unpaired) electrons. The van der Waals surface area contributed by atoms with Gasteiger partial charge in [-0.3, -0.25) is 4.90 Å². The molecule has 3 aliphatic rings. The number of rotatable bonds is 5. The lowest BCUT2D eigenvalue weighted by molar-refractivity contribution is 0.0208. The molecule has 1 N–H and O–H groups in total. The summed E-state index contributed by atoms with van der Waals surface area (Å²) >= 11 is 0. The summed E-state index contributed by atoms with van der Waals surface area (Å²) in [6, 6.07) is 2.41. The van der Waals surface area contributed by atoms with Crippen LogP contribution in [0.25, 0.3) is 0 Å². The van der Waals surface area contributed by atoms with Crippen LogP contribution in [0.2, 0.25) is 0 Å². The Kier molecular flexibility index (Phi) is 4.22. The van der Waals surface area contributed by atoms with Crippen molar-refractivity contribution < 1.29 is 4.74 Å². The second-order valence-corrected chi connectivity index (χ2v) is 6.36. The molecule has 2 unspecified atom stereocenters. The second kappa shape index (κ2) is 5.89. The Morgan fingerprint density at radius 1 is 1.06 bits per heavy atom. The van der Waals surface area contributed by atoms with Crippen molar-refractivity contribution in [2.75, 3.05) is 20.2 Å². The third-order valence-electron chi connectivity index (χ3n) is 5.30. The summed E-state index contributed by atoms with van der Waals surface area (Å²) < 4.78 is 6.03. The Hall–Kier alpha value is -0.120. The minimum Gasteiger partial charge on any atom is -0.377 e. The van der Waals surface area contributed by atoms with E-state index < -0.39 is 0 Å². The minimum atomic E-state index is 0.581. The maximum absolute atomic E-state index is 6.03. The molecule has 1 saturated carbocycles. The van der Waals surface area contributed by atoms with E-state index in [-0.39, 0.29) is 0 Å². The van der Waals surface area contributed by atoms with Crippen LogP contribution >= 0.6 is 0 Å². The molecule has 3 nitrogen and oxygen atoms in total. The largest absolute Gasteiger partial charge is 0.377 e. The number of piperidine rings is 1. The third-order valence-corrected chi connectivity index (χ3v) is 5.30. The van der Waals surface area contributed by atoms with Gasteiger partial charge in [-0.25, -0.2) is 0 Å². The average molecular weight is 252 g/mol. The monoisotopic (exact) mass is 252 g/mol. The van der Waals surface area contributed by atoms with Gasteiger partial charge in [0.15, 0.2) is 0 Å². The van der Waals surface area contributed by atoms with Crippen molar-refractivity contribution in [3.05, 3.63) is 0 Å². The molecule has 2 saturated heterocycles. The molecule has 2 heterocycles. The van der Waals surface area contributed by atoms with Gasteiger partial charge in [-0.15, -0.1) is 0 Å². The normalized spacial score (nSPS) is 37.5. The van der Waals surface area contributed by atoms with Gasteiger partial charge in [0.25, 0.3) is 0 Å². The van der Waals surface area contributed by atoms with Crippen LogP contribution in [0.4, 0.5) is 0 Å². The number of fused-ring (bicyclic) bond motifs is 2. The van der Waals surface area contributed by atoms with E-state index in [4.69, 9.17) is 4.74 Å².